The second kappa shape index (κ2) is 4.26. The fourth-order valence-electron chi connectivity index (χ4n) is 1.85. The number of hydrogen-bond donors (Lipinski definition) is 1. The molecule has 1 amide bonds. The van der Waals surface area contributed by atoms with E-state index in [0.29, 0.717) is 5.92 Å². The second-order valence-electron chi connectivity index (χ2n) is 3.85. The molecular weight excluding hydrogens is 182 g/mol. The third-order valence-corrected chi connectivity index (χ3v) is 2.44. The molecule has 4 nitrogen and oxygen atoms in total. The van der Waals surface area contributed by atoms with E-state index in [9.17, 15) is 9.59 Å². The Labute approximate surface area is 83.2 Å². The highest BCUT2D eigenvalue weighted by molar-refractivity contribution is 5.94. The van der Waals surface area contributed by atoms with E-state index in [-0.39, 0.29) is 11.9 Å². The molecule has 78 valence electrons. The number of carboxylic acids is 1. The standard InChI is InChI=1S/C10H15NO3/c1-7-5-8(2)11(6-7)9(12)3-4-10(13)14/h3-4,7-8H,5-6H2,1-2H3,(H,13,14)/b4-3+. The first-order valence-electron chi connectivity index (χ1n) is 4.72. The summed E-state index contributed by atoms with van der Waals surface area (Å²) in [7, 11) is 0. The van der Waals surface area contributed by atoms with Crippen LogP contribution in [0.2, 0.25) is 0 Å². The average Bonchev–Trinajstić information content (AvgIpc) is 2.41. The molecule has 1 N–H and O–H groups in total. The molecule has 2 atom stereocenters. The van der Waals surface area contributed by atoms with Gasteiger partial charge in [-0.1, -0.05) is 6.92 Å². The fraction of sp³-hybridized carbons (Fsp3) is 0.600. The molecule has 1 saturated heterocycles. The minimum atomic E-state index is -1.08. The molecule has 0 radical (unpaired) electrons. The van der Waals surface area contributed by atoms with Crippen LogP contribution in [0.25, 0.3) is 0 Å². The predicted molar refractivity (Wildman–Crippen MR) is 51.7 cm³/mol. The van der Waals surface area contributed by atoms with Gasteiger partial charge in [-0.05, 0) is 19.3 Å². The van der Waals surface area contributed by atoms with Crippen LogP contribution in [0.5, 0.6) is 0 Å². The Bertz CT molecular complexity index is 273. The van der Waals surface area contributed by atoms with Gasteiger partial charge in [0.1, 0.15) is 0 Å². The molecule has 1 fully saturated rings. The molecule has 1 heterocycles. The van der Waals surface area contributed by atoms with Gasteiger partial charge >= 0.3 is 5.97 Å². The molecule has 0 aromatic carbocycles. The first-order valence-corrected chi connectivity index (χ1v) is 4.72. The Balaban J connectivity index is 2.57. The zero-order chi connectivity index (χ0) is 10.7. The lowest BCUT2D eigenvalue weighted by Gasteiger charge is -2.19. The Morgan fingerprint density at radius 1 is 1.36 bits per heavy atom. The molecule has 0 aliphatic carbocycles. The average molecular weight is 197 g/mol. The van der Waals surface area contributed by atoms with Gasteiger partial charge in [0, 0.05) is 24.7 Å². The summed E-state index contributed by atoms with van der Waals surface area (Å²) in [6.07, 6.45) is 3.00. The molecule has 0 bridgehead atoms. The first-order chi connectivity index (χ1) is 6.50. The Hall–Kier alpha value is -1.32. The van der Waals surface area contributed by atoms with Gasteiger partial charge in [-0.15, -0.1) is 0 Å². The van der Waals surface area contributed by atoms with Gasteiger partial charge in [-0.2, -0.15) is 0 Å². The molecular formula is C10H15NO3. The van der Waals surface area contributed by atoms with Crippen LogP contribution in [-0.2, 0) is 9.59 Å². The van der Waals surface area contributed by atoms with Gasteiger partial charge in [0.25, 0.3) is 0 Å². The van der Waals surface area contributed by atoms with Crippen molar-refractivity contribution < 1.29 is 14.7 Å². The van der Waals surface area contributed by atoms with Crippen molar-refractivity contribution in [2.24, 2.45) is 5.92 Å². The summed E-state index contributed by atoms with van der Waals surface area (Å²) in [5.41, 5.74) is 0. The topological polar surface area (TPSA) is 57.6 Å². The Kier molecular flexibility index (Phi) is 3.28. The molecule has 0 spiro atoms. The van der Waals surface area contributed by atoms with Crippen LogP contribution in [0, 0.1) is 5.92 Å². The lowest BCUT2D eigenvalue weighted by molar-refractivity contribution is -0.132. The van der Waals surface area contributed by atoms with E-state index in [1.54, 1.807) is 4.90 Å². The summed E-state index contributed by atoms with van der Waals surface area (Å²) < 4.78 is 0. The number of rotatable bonds is 2. The van der Waals surface area contributed by atoms with E-state index in [1.165, 1.54) is 0 Å². The van der Waals surface area contributed by atoms with Gasteiger partial charge < -0.3 is 10.0 Å². The summed E-state index contributed by atoms with van der Waals surface area (Å²) in [5, 5.41) is 8.37. The van der Waals surface area contributed by atoms with Crippen LogP contribution in [0.3, 0.4) is 0 Å². The van der Waals surface area contributed by atoms with Crippen molar-refractivity contribution in [3.05, 3.63) is 12.2 Å². The third-order valence-electron chi connectivity index (χ3n) is 2.44. The van der Waals surface area contributed by atoms with Crippen molar-refractivity contribution in [3.8, 4) is 0 Å². The molecule has 1 rings (SSSR count). The Morgan fingerprint density at radius 3 is 2.43 bits per heavy atom. The van der Waals surface area contributed by atoms with Crippen molar-refractivity contribution in [1.82, 2.24) is 4.90 Å². The monoisotopic (exact) mass is 197 g/mol. The quantitative estimate of drug-likeness (QED) is 0.669. The summed E-state index contributed by atoms with van der Waals surface area (Å²) >= 11 is 0. The van der Waals surface area contributed by atoms with Crippen LogP contribution >= 0.6 is 0 Å². The lowest BCUT2D eigenvalue weighted by Crippen LogP contribution is -2.32. The molecule has 4 heteroatoms. The maximum Gasteiger partial charge on any atom is 0.328 e. The maximum atomic E-state index is 11.5. The number of likely N-dealkylation sites (tertiary alicyclic amines) is 1. The van der Waals surface area contributed by atoms with E-state index in [2.05, 4.69) is 6.92 Å². The van der Waals surface area contributed by atoms with Gasteiger partial charge in [0.2, 0.25) is 5.91 Å². The molecule has 1 aliphatic rings. The van der Waals surface area contributed by atoms with Crippen LogP contribution < -0.4 is 0 Å². The summed E-state index contributed by atoms with van der Waals surface area (Å²) in [6, 6.07) is 0.218. The van der Waals surface area contributed by atoms with E-state index in [1.807, 2.05) is 6.92 Å². The molecule has 2 unspecified atom stereocenters. The smallest absolute Gasteiger partial charge is 0.328 e. The second-order valence-corrected chi connectivity index (χ2v) is 3.85. The van der Waals surface area contributed by atoms with E-state index in [4.69, 9.17) is 5.11 Å². The molecule has 0 aromatic rings. The summed E-state index contributed by atoms with van der Waals surface area (Å²) in [6.45, 7) is 4.80. The number of nitrogens with zero attached hydrogens (tertiary/aromatic N) is 1. The van der Waals surface area contributed by atoms with Crippen LogP contribution in [-0.4, -0.2) is 34.5 Å². The number of hydrogen-bond acceptors (Lipinski definition) is 2. The SMILES string of the molecule is CC1CC(C)N(C(=O)/C=C/C(=O)O)C1. The van der Waals surface area contributed by atoms with Crippen LogP contribution in [0.1, 0.15) is 20.3 Å². The van der Waals surface area contributed by atoms with E-state index >= 15 is 0 Å². The van der Waals surface area contributed by atoms with E-state index in [0.717, 1.165) is 25.1 Å². The van der Waals surface area contributed by atoms with Crippen molar-refractivity contribution >= 4 is 11.9 Å². The lowest BCUT2D eigenvalue weighted by atomic mass is 10.1. The minimum Gasteiger partial charge on any atom is -0.478 e. The predicted octanol–water partition coefficient (Wildman–Crippen LogP) is 0.884. The number of carbonyl (C=O) groups is 2. The third kappa shape index (κ3) is 2.58. The van der Waals surface area contributed by atoms with Gasteiger partial charge in [-0.25, -0.2) is 4.79 Å². The first kappa shape index (κ1) is 10.8. The number of amides is 1. The van der Waals surface area contributed by atoms with Crippen molar-refractivity contribution in [2.45, 2.75) is 26.3 Å². The largest absolute Gasteiger partial charge is 0.478 e. The highest BCUT2D eigenvalue weighted by Gasteiger charge is 2.28. The molecule has 1 aliphatic heterocycles. The fourth-order valence-corrected chi connectivity index (χ4v) is 1.85. The molecule has 14 heavy (non-hydrogen) atoms. The Morgan fingerprint density at radius 2 is 2.00 bits per heavy atom. The normalized spacial score (nSPS) is 27.1. The van der Waals surface area contributed by atoms with Crippen molar-refractivity contribution in [1.29, 1.82) is 0 Å². The van der Waals surface area contributed by atoms with Gasteiger partial charge in [0.05, 0.1) is 0 Å². The zero-order valence-electron chi connectivity index (χ0n) is 8.43. The number of aliphatic carboxylic acids is 1. The summed E-state index contributed by atoms with van der Waals surface area (Å²) in [4.78, 5) is 23.4. The van der Waals surface area contributed by atoms with E-state index < -0.39 is 5.97 Å². The maximum absolute atomic E-state index is 11.5. The van der Waals surface area contributed by atoms with Crippen LogP contribution in [0.15, 0.2) is 12.2 Å². The van der Waals surface area contributed by atoms with Crippen molar-refractivity contribution in [2.75, 3.05) is 6.54 Å². The van der Waals surface area contributed by atoms with Crippen LogP contribution in [0.4, 0.5) is 0 Å². The molecule has 0 aromatic heterocycles. The summed E-state index contributed by atoms with van der Waals surface area (Å²) in [5.74, 6) is -0.783. The number of carbonyl (C=O) groups excluding carboxylic acids is 1. The van der Waals surface area contributed by atoms with Gasteiger partial charge in [0.15, 0.2) is 0 Å². The highest BCUT2D eigenvalue weighted by atomic mass is 16.4. The molecule has 0 saturated carbocycles. The van der Waals surface area contributed by atoms with Crippen molar-refractivity contribution in [3.63, 3.8) is 0 Å². The zero-order valence-corrected chi connectivity index (χ0v) is 8.43. The van der Waals surface area contributed by atoms with Gasteiger partial charge in [-0.3, -0.25) is 4.79 Å². The minimum absolute atomic E-state index is 0.204. The highest BCUT2D eigenvalue weighted by Crippen LogP contribution is 2.22. The number of carboxylic acid groups (broad SMARTS) is 1.